The van der Waals surface area contributed by atoms with Crippen LogP contribution in [0.1, 0.15) is 23.2 Å². The van der Waals surface area contributed by atoms with Gasteiger partial charge in [-0.05, 0) is 24.8 Å². The summed E-state index contributed by atoms with van der Waals surface area (Å²) in [7, 11) is 0. The fourth-order valence-corrected chi connectivity index (χ4v) is 2.04. The highest BCUT2D eigenvalue weighted by Gasteiger charge is 2.09. The third kappa shape index (κ3) is 4.29. The van der Waals surface area contributed by atoms with Crippen molar-refractivity contribution in [1.29, 1.82) is 0 Å². The molecule has 0 aliphatic carbocycles. The summed E-state index contributed by atoms with van der Waals surface area (Å²) < 4.78 is 0. The zero-order valence-electron chi connectivity index (χ0n) is 10.2. The molecule has 18 heavy (non-hydrogen) atoms. The van der Waals surface area contributed by atoms with Crippen molar-refractivity contribution in [3.05, 3.63) is 29.8 Å². The largest absolute Gasteiger partial charge is 0.409 e. The van der Waals surface area contributed by atoms with E-state index in [0.717, 1.165) is 4.90 Å². The van der Waals surface area contributed by atoms with E-state index in [9.17, 15) is 4.79 Å². The van der Waals surface area contributed by atoms with E-state index in [1.807, 2.05) is 24.5 Å². The van der Waals surface area contributed by atoms with E-state index >= 15 is 0 Å². The minimum absolute atomic E-state index is 0.0977. The van der Waals surface area contributed by atoms with Crippen molar-refractivity contribution in [3.63, 3.8) is 0 Å². The van der Waals surface area contributed by atoms with Crippen molar-refractivity contribution in [1.82, 2.24) is 5.32 Å². The Labute approximate surface area is 110 Å². The monoisotopic (exact) mass is 267 g/mol. The molecule has 1 aromatic carbocycles. The van der Waals surface area contributed by atoms with Gasteiger partial charge >= 0.3 is 0 Å². The number of carbonyl (C=O) groups excluding carboxylic acids is 1. The van der Waals surface area contributed by atoms with Crippen molar-refractivity contribution in [2.45, 2.75) is 17.7 Å². The molecular formula is C12H17N3O2S. The summed E-state index contributed by atoms with van der Waals surface area (Å²) in [5.74, 6) is 0.0771. The molecule has 0 unspecified atom stereocenters. The van der Waals surface area contributed by atoms with Gasteiger partial charge in [0, 0.05) is 17.9 Å². The fraction of sp³-hybridized carbons (Fsp3) is 0.333. The molecule has 0 aliphatic rings. The molecule has 0 radical (unpaired) electrons. The number of amidine groups is 1. The highest BCUT2D eigenvalue weighted by Crippen LogP contribution is 2.19. The summed E-state index contributed by atoms with van der Waals surface area (Å²) in [6, 6.07) is 7.45. The Morgan fingerprint density at radius 2 is 2.22 bits per heavy atom. The number of nitrogens with one attached hydrogen (secondary N) is 1. The Morgan fingerprint density at radius 1 is 1.50 bits per heavy atom. The maximum Gasteiger partial charge on any atom is 0.252 e. The van der Waals surface area contributed by atoms with E-state index in [0.29, 0.717) is 24.9 Å². The first kappa shape index (κ1) is 14.4. The Kier molecular flexibility index (Phi) is 6.07. The van der Waals surface area contributed by atoms with Gasteiger partial charge in [0.05, 0.1) is 5.56 Å². The molecular weight excluding hydrogens is 250 g/mol. The Balaban J connectivity index is 2.46. The van der Waals surface area contributed by atoms with Gasteiger partial charge in [0.2, 0.25) is 0 Å². The van der Waals surface area contributed by atoms with Crippen molar-refractivity contribution in [3.8, 4) is 0 Å². The molecule has 0 atom stereocenters. The zero-order valence-corrected chi connectivity index (χ0v) is 11.0. The van der Waals surface area contributed by atoms with Gasteiger partial charge in [0.25, 0.3) is 5.91 Å². The summed E-state index contributed by atoms with van der Waals surface area (Å²) in [5, 5.41) is 14.0. The second kappa shape index (κ2) is 7.60. The van der Waals surface area contributed by atoms with Gasteiger partial charge in [-0.25, -0.2) is 0 Å². The Bertz CT molecular complexity index is 435. The van der Waals surface area contributed by atoms with Gasteiger partial charge in [-0.2, -0.15) is 0 Å². The van der Waals surface area contributed by atoms with E-state index in [1.54, 1.807) is 6.07 Å². The van der Waals surface area contributed by atoms with Crippen LogP contribution >= 0.6 is 11.8 Å². The SMILES string of the molecule is CSc1ccccc1C(=O)NCCCC(N)=NO. The van der Waals surface area contributed by atoms with Crippen molar-refractivity contribution in [2.75, 3.05) is 12.8 Å². The van der Waals surface area contributed by atoms with Crippen LogP contribution in [0.15, 0.2) is 34.3 Å². The van der Waals surface area contributed by atoms with Crippen LogP contribution in [0.5, 0.6) is 0 Å². The smallest absolute Gasteiger partial charge is 0.252 e. The third-order valence-electron chi connectivity index (χ3n) is 2.38. The molecule has 6 heteroatoms. The average molecular weight is 267 g/mol. The number of thioether (sulfide) groups is 1. The van der Waals surface area contributed by atoms with Crippen LogP contribution in [-0.4, -0.2) is 29.8 Å². The Morgan fingerprint density at radius 3 is 2.89 bits per heavy atom. The second-order valence-corrected chi connectivity index (χ2v) is 4.50. The van der Waals surface area contributed by atoms with E-state index in [2.05, 4.69) is 10.5 Å². The lowest BCUT2D eigenvalue weighted by Crippen LogP contribution is -2.26. The summed E-state index contributed by atoms with van der Waals surface area (Å²) in [5.41, 5.74) is 6.01. The lowest BCUT2D eigenvalue weighted by molar-refractivity contribution is 0.0950. The fourth-order valence-electron chi connectivity index (χ4n) is 1.45. The van der Waals surface area contributed by atoms with Crippen LogP contribution < -0.4 is 11.1 Å². The minimum Gasteiger partial charge on any atom is -0.409 e. The van der Waals surface area contributed by atoms with E-state index < -0.39 is 0 Å². The molecule has 1 amide bonds. The number of nitrogens with zero attached hydrogens (tertiary/aromatic N) is 1. The highest BCUT2D eigenvalue weighted by molar-refractivity contribution is 7.98. The number of rotatable bonds is 6. The van der Waals surface area contributed by atoms with Crippen LogP contribution in [0.25, 0.3) is 0 Å². The highest BCUT2D eigenvalue weighted by atomic mass is 32.2. The molecule has 0 heterocycles. The number of hydrogen-bond acceptors (Lipinski definition) is 4. The number of oxime groups is 1. The van der Waals surface area contributed by atoms with Crippen LogP contribution in [0.4, 0.5) is 0 Å². The molecule has 1 rings (SSSR count). The van der Waals surface area contributed by atoms with Gasteiger partial charge in [-0.3, -0.25) is 4.79 Å². The maximum atomic E-state index is 11.9. The van der Waals surface area contributed by atoms with Gasteiger partial charge in [-0.1, -0.05) is 17.3 Å². The molecule has 0 aliphatic heterocycles. The number of nitrogens with two attached hydrogens (primary N) is 1. The van der Waals surface area contributed by atoms with E-state index in [4.69, 9.17) is 10.9 Å². The molecule has 0 spiro atoms. The number of benzene rings is 1. The normalized spacial score (nSPS) is 11.3. The van der Waals surface area contributed by atoms with Crippen molar-refractivity contribution >= 4 is 23.5 Å². The lowest BCUT2D eigenvalue weighted by Gasteiger charge is -2.08. The van der Waals surface area contributed by atoms with E-state index in [-0.39, 0.29) is 11.7 Å². The van der Waals surface area contributed by atoms with Crippen molar-refractivity contribution < 1.29 is 10.0 Å². The van der Waals surface area contributed by atoms with Gasteiger partial charge in [-0.15, -0.1) is 11.8 Å². The number of hydrogen-bond donors (Lipinski definition) is 3. The van der Waals surface area contributed by atoms with Crippen molar-refractivity contribution in [2.24, 2.45) is 10.9 Å². The molecule has 1 aromatic rings. The van der Waals surface area contributed by atoms with Crippen LogP contribution in [0.2, 0.25) is 0 Å². The molecule has 0 bridgehead atoms. The Hall–Kier alpha value is -1.69. The first-order valence-corrected chi connectivity index (χ1v) is 6.79. The molecule has 0 aromatic heterocycles. The molecule has 0 fully saturated rings. The predicted octanol–water partition coefficient (Wildman–Crippen LogP) is 1.66. The molecule has 4 N–H and O–H groups in total. The summed E-state index contributed by atoms with van der Waals surface area (Å²) in [6.45, 7) is 0.498. The summed E-state index contributed by atoms with van der Waals surface area (Å²) >= 11 is 1.54. The van der Waals surface area contributed by atoms with Crippen LogP contribution in [-0.2, 0) is 0 Å². The predicted molar refractivity (Wildman–Crippen MR) is 73.2 cm³/mol. The molecule has 0 saturated carbocycles. The third-order valence-corrected chi connectivity index (χ3v) is 3.17. The van der Waals surface area contributed by atoms with Crippen LogP contribution in [0, 0.1) is 0 Å². The topological polar surface area (TPSA) is 87.7 Å². The minimum atomic E-state index is -0.0977. The van der Waals surface area contributed by atoms with Gasteiger partial charge < -0.3 is 16.3 Å². The average Bonchev–Trinajstić information content (AvgIpc) is 2.42. The number of amides is 1. The number of carbonyl (C=O) groups is 1. The molecule has 98 valence electrons. The first-order chi connectivity index (χ1) is 8.69. The lowest BCUT2D eigenvalue weighted by atomic mass is 10.2. The van der Waals surface area contributed by atoms with E-state index in [1.165, 1.54) is 11.8 Å². The summed E-state index contributed by atoms with van der Waals surface area (Å²) in [6.07, 6.45) is 3.04. The standard InChI is InChI=1S/C12H17N3O2S/c1-18-10-6-3-2-5-9(10)12(16)14-8-4-7-11(13)15-17/h2-3,5-6,17H,4,7-8H2,1H3,(H2,13,15)(H,14,16). The van der Waals surface area contributed by atoms with Gasteiger partial charge in [0.15, 0.2) is 0 Å². The van der Waals surface area contributed by atoms with Crippen LogP contribution in [0.3, 0.4) is 0 Å². The zero-order chi connectivity index (χ0) is 13.4. The molecule has 5 nitrogen and oxygen atoms in total. The quantitative estimate of drug-likeness (QED) is 0.183. The molecule has 0 saturated heterocycles. The maximum absolute atomic E-state index is 11.9. The summed E-state index contributed by atoms with van der Waals surface area (Å²) in [4.78, 5) is 12.9. The first-order valence-electron chi connectivity index (χ1n) is 5.56. The second-order valence-electron chi connectivity index (χ2n) is 3.65. The van der Waals surface area contributed by atoms with Gasteiger partial charge in [0.1, 0.15) is 5.84 Å².